The van der Waals surface area contributed by atoms with Gasteiger partial charge < -0.3 is 10.8 Å². The molecule has 7 heteroatoms. The number of aliphatic hydroxyl groups is 1. The molecule has 0 saturated carbocycles. The molecule has 0 amide bonds. The van der Waals surface area contributed by atoms with Gasteiger partial charge in [-0.2, -0.15) is 4.31 Å². The number of benzene rings is 1. The fourth-order valence-corrected chi connectivity index (χ4v) is 3.54. The maximum absolute atomic E-state index is 12.2. The first-order valence-corrected chi connectivity index (χ1v) is 7.38. The van der Waals surface area contributed by atoms with Crippen LogP contribution in [0.1, 0.15) is 6.42 Å². The molecule has 0 bridgehead atoms. The fraction of sp³-hybridized carbons (Fsp3) is 0.400. The van der Waals surface area contributed by atoms with E-state index < -0.39 is 16.1 Å². The maximum atomic E-state index is 12.2. The number of β-amino-alcohol motifs (C(OH)–C–C–N with tert-alkyl or cyclic N) is 1. The number of aliphatic hydroxyl groups excluding tert-OH is 1. The molecule has 94 valence electrons. The van der Waals surface area contributed by atoms with Crippen molar-refractivity contribution in [1.29, 1.82) is 0 Å². The molecule has 1 fully saturated rings. The van der Waals surface area contributed by atoms with E-state index in [2.05, 4.69) is 15.9 Å². The molecule has 3 N–H and O–H groups in total. The molecule has 2 rings (SSSR count). The molecule has 0 radical (unpaired) electrons. The Hall–Kier alpha value is -0.630. The molecule has 5 nitrogen and oxygen atoms in total. The summed E-state index contributed by atoms with van der Waals surface area (Å²) in [7, 11) is -3.54. The predicted molar refractivity (Wildman–Crippen MR) is 67.9 cm³/mol. The molecule has 1 aliphatic rings. The van der Waals surface area contributed by atoms with Gasteiger partial charge in [-0.3, -0.25) is 0 Å². The van der Waals surface area contributed by atoms with E-state index in [4.69, 9.17) is 5.73 Å². The van der Waals surface area contributed by atoms with Crippen molar-refractivity contribution >= 4 is 31.6 Å². The standard InChI is InChI=1S/C10H13BrN2O3S/c11-9-2-1-8(5-10(9)12)17(15,16)13-4-3-7(14)6-13/h1-2,5,7,14H,3-4,6,12H2/t7-/m1/s1. The Morgan fingerprint density at radius 1 is 1.47 bits per heavy atom. The van der Waals surface area contributed by atoms with Gasteiger partial charge in [0.15, 0.2) is 0 Å². The van der Waals surface area contributed by atoms with Crippen LogP contribution in [0.4, 0.5) is 5.69 Å². The van der Waals surface area contributed by atoms with E-state index >= 15 is 0 Å². The summed E-state index contributed by atoms with van der Waals surface area (Å²) >= 11 is 3.22. The van der Waals surface area contributed by atoms with Crippen LogP contribution in [0.15, 0.2) is 27.6 Å². The second-order valence-electron chi connectivity index (χ2n) is 3.99. The topological polar surface area (TPSA) is 83.6 Å². The molecular weight excluding hydrogens is 308 g/mol. The van der Waals surface area contributed by atoms with Crippen LogP contribution in [-0.2, 0) is 10.0 Å². The summed E-state index contributed by atoms with van der Waals surface area (Å²) in [5.41, 5.74) is 6.04. The molecule has 1 aromatic rings. The molecule has 1 saturated heterocycles. The Bertz CT molecular complexity index is 532. The van der Waals surface area contributed by atoms with Gasteiger partial charge in [-0.15, -0.1) is 0 Å². The van der Waals surface area contributed by atoms with Gasteiger partial charge in [-0.05, 0) is 40.5 Å². The third-order valence-corrected chi connectivity index (χ3v) is 5.31. The van der Waals surface area contributed by atoms with Gasteiger partial charge in [0, 0.05) is 23.2 Å². The molecule has 0 unspecified atom stereocenters. The molecule has 0 spiro atoms. The third-order valence-electron chi connectivity index (χ3n) is 2.73. The van der Waals surface area contributed by atoms with Gasteiger partial charge >= 0.3 is 0 Å². The van der Waals surface area contributed by atoms with E-state index in [1.807, 2.05) is 0 Å². The van der Waals surface area contributed by atoms with Gasteiger partial charge in [0.05, 0.1) is 11.0 Å². The zero-order chi connectivity index (χ0) is 12.6. The maximum Gasteiger partial charge on any atom is 0.243 e. The molecule has 0 aliphatic carbocycles. The number of nitrogen functional groups attached to an aromatic ring is 1. The van der Waals surface area contributed by atoms with Crippen LogP contribution in [0.5, 0.6) is 0 Å². The molecule has 0 aromatic heterocycles. The van der Waals surface area contributed by atoms with Crippen molar-refractivity contribution in [3.8, 4) is 0 Å². The zero-order valence-corrected chi connectivity index (χ0v) is 11.4. The van der Waals surface area contributed by atoms with Gasteiger partial charge in [-0.25, -0.2) is 8.42 Å². The van der Waals surface area contributed by atoms with Crippen molar-refractivity contribution in [2.45, 2.75) is 17.4 Å². The van der Waals surface area contributed by atoms with Crippen LogP contribution in [0.25, 0.3) is 0 Å². The summed E-state index contributed by atoms with van der Waals surface area (Å²) in [6, 6.07) is 4.53. The lowest BCUT2D eigenvalue weighted by atomic mass is 10.3. The first-order chi connectivity index (χ1) is 7.91. The first-order valence-electron chi connectivity index (χ1n) is 5.14. The van der Waals surface area contributed by atoms with E-state index in [9.17, 15) is 13.5 Å². The summed E-state index contributed by atoms with van der Waals surface area (Å²) in [5.74, 6) is 0. The Balaban J connectivity index is 2.35. The van der Waals surface area contributed by atoms with Crippen LogP contribution in [0.2, 0.25) is 0 Å². The minimum Gasteiger partial charge on any atom is -0.398 e. The van der Waals surface area contributed by atoms with Gasteiger partial charge in [0.2, 0.25) is 10.0 Å². The average Bonchev–Trinajstić information content (AvgIpc) is 2.69. The number of anilines is 1. The predicted octanol–water partition coefficient (Wildman–Crippen LogP) is 0.787. The van der Waals surface area contributed by atoms with Crippen molar-refractivity contribution in [1.82, 2.24) is 4.31 Å². The van der Waals surface area contributed by atoms with Crippen molar-refractivity contribution in [2.75, 3.05) is 18.8 Å². The summed E-state index contributed by atoms with van der Waals surface area (Å²) in [4.78, 5) is 0.160. The first kappa shape index (κ1) is 12.8. The highest BCUT2D eigenvalue weighted by molar-refractivity contribution is 9.10. The number of nitrogens with two attached hydrogens (primary N) is 1. The normalized spacial score (nSPS) is 21.9. The lowest BCUT2D eigenvalue weighted by Crippen LogP contribution is -2.29. The minimum absolute atomic E-state index is 0.151. The number of sulfonamides is 1. The highest BCUT2D eigenvalue weighted by atomic mass is 79.9. The third kappa shape index (κ3) is 2.47. The molecule has 17 heavy (non-hydrogen) atoms. The smallest absolute Gasteiger partial charge is 0.243 e. The van der Waals surface area contributed by atoms with Crippen LogP contribution in [0.3, 0.4) is 0 Å². The number of halogens is 1. The van der Waals surface area contributed by atoms with Gasteiger partial charge in [-0.1, -0.05) is 0 Å². The summed E-state index contributed by atoms with van der Waals surface area (Å²) in [5, 5.41) is 9.37. The van der Waals surface area contributed by atoms with Gasteiger partial charge in [0.1, 0.15) is 0 Å². The minimum atomic E-state index is -3.54. The van der Waals surface area contributed by atoms with Crippen LogP contribution in [-0.4, -0.2) is 37.0 Å². The van der Waals surface area contributed by atoms with E-state index in [1.54, 1.807) is 6.07 Å². The van der Waals surface area contributed by atoms with E-state index in [-0.39, 0.29) is 11.4 Å². The monoisotopic (exact) mass is 320 g/mol. The lowest BCUT2D eigenvalue weighted by molar-refractivity contribution is 0.189. The van der Waals surface area contributed by atoms with E-state index in [0.717, 1.165) is 0 Å². The lowest BCUT2D eigenvalue weighted by Gasteiger charge is -2.16. The summed E-state index contributed by atoms with van der Waals surface area (Å²) in [6.45, 7) is 0.498. The van der Waals surface area contributed by atoms with Crippen molar-refractivity contribution in [2.24, 2.45) is 0 Å². The Labute approximate surface area is 108 Å². The molecular formula is C10H13BrN2O3S. The summed E-state index contributed by atoms with van der Waals surface area (Å²) < 4.78 is 26.3. The Morgan fingerprint density at radius 3 is 2.71 bits per heavy atom. The fourth-order valence-electron chi connectivity index (χ4n) is 1.76. The van der Waals surface area contributed by atoms with Crippen LogP contribution in [0, 0.1) is 0 Å². The van der Waals surface area contributed by atoms with Crippen molar-refractivity contribution < 1.29 is 13.5 Å². The highest BCUT2D eigenvalue weighted by Gasteiger charge is 2.31. The number of hydrogen-bond donors (Lipinski definition) is 2. The molecule has 1 aliphatic heterocycles. The molecule has 1 heterocycles. The SMILES string of the molecule is Nc1cc(S(=O)(=O)N2CC[C@@H](O)C2)ccc1Br. The summed E-state index contributed by atoms with van der Waals surface area (Å²) in [6.07, 6.45) is -0.0943. The second-order valence-corrected chi connectivity index (χ2v) is 6.78. The van der Waals surface area contributed by atoms with Crippen LogP contribution < -0.4 is 5.73 Å². The number of hydrogen-bond acceptors (Lipinski definition) is 4. The Morgan fingerprint density at radius 2 is 2.18 bits per heavy atom. The van der Waals surface area contributed by atoms with Crippen molar-refractivity contribution in [3.63, 3.8) is 0 Å². The van der Waals surface area contributed by atoms with Crippen LogP contribution >= 0.6 is 15.9 Å². The van der Waals surface area contributed by atoms with Gasteiger partial charge in [0.25, 0.3) is 0 Å². The Kier molecular flexibility index (Phi) is 3.44. The van der Waals surface area contributed by atoms with E-state index in [1.165, 1.54) is 16.4 Å². The van der Waals surface area contributed by atoms with Crippen molar-refractivity contribution in [3.05, 3.63) is 22.7 Å². The molecule has 1 atom stereocenters. The highest BCUT2D eigenvalue weighted by Crippen LogP contribution is 2.26. The number of nitrogens with zero attached hydrogens (tertiary/aromatic N) is 1. The largest absolute Gasteiger partial charge is 0.398 e. The number of rotatable bonds is 2. The average molecular weight is 321 g/mol. The quantitative estimate of drug-likeness (QED) is 0.789. The zero-order valence-electron chi connectivity index (χ0n) is 9.01. The van der Waals surface area contributed by atoms with E-state index in [0.29, 0.717) is 23.1 Å². The second kappa shape index (κ2) is 4.56. The molecule has 1 aromatic carbocycles.